The lowest BCUT2D eigenvalue weighted by Gasteiger charge is -2.18. The van der Waals surface area contributed by atoms with Gasteiger partial charge in [0.05, 0.1) is 25.3 Å². The number of halogens is 1. The van der Waals surface area contributed by atoms with Crippen LogP contribution < -0.4 is 5.32 Å². The normalized spacial score (nSPS) is 11.6. The first-order valence-corrected chi connectivity index (χ1v) is 9.09. The maximum atomic E-state index is 12.7. The third-order valence-electron chi connectivity index (χ3n) is 4.07. The highest BCUT2D eigenvalue weighted by atomic mass is 79.9. The van der Waals surface area contributed by atoms with Crippen LogP contribution in [0.2, 0.25) is 0 Å². The molecule has 7 heteroatoms. The summed E-state index contributed by atoms with van der Waals surface area (Å²) in [6.45, 7) is 0. The van der Waals surface area contributed by atoms with Crippen molar-refractivity contribution in [3.63, 3.8) is 0 Å². The molecule has 2 aromatic carbocycles. The summed E-state index contributed by atoms with van der Waals surface area (Å²) in [5.41, 5.74) is 2.18. The molecule has 1 amide bonds. The molecule has 1 atom stereocenters. The Labute approximate surface area is 165 Å². The van der Waals surface area contributed by atoms with Crippen molar-refractivity contribution in [1.82, 2.24) is 15.1 Å². The molecule has 0 aliphatic rings. The molecule has 0 fully saturated rings. The van der Waals surface area contributed by atoms with Gasteiger partial charge in [-0.05, 0) is 48.0 Å². The molecule has 6 nitrogen and oxygen atoms in total. The molecule has 1 aromatic heterocycles. The number of carbonyl (C=O) groups is 2. The number of methoxy groups -OCH3 is 1. The first-order chi connectivity index (χ1) is 13.1. The third-order valence-corrected chi connectivity index (χ3v) is 4.60. The highest BCUT2D eigenvalue weighted by Crippen LogP contribution is 2.21. The maximum absolute atomic E-state index is 12.7. The van der Waals surface area contributed by atoms with Gasteiger partial charge in [-0.25, -0.2) is 4.68 Å². The topological polar surface area (TPSA) is 73.2 Å². The second-order valence-electron chi connectivity index (χ2n) is 5.86. The van der Waals surface area contributed by atoms with Gasteiger partial charge in [-0.1, -0.05) is 28.1 Å². The first-order valence-electron chi connectivity index (χ1n) is 8.30. The Morgan fingerprint density at radius 1 is 1.15 bits per heavy atom. The van der Waals surface area contributed by atoms with Crippen LogP contribution >= 0.6 is 15.9 Å². The lowest BCUT2D eigenvalue weighted by Crippen LogP contribution is -2.30. The third kappa shape index (κ3) is 4.83. The van der Waals surface area contributed by atoms with E-state index in [1.165, 1.54) is 7.11 Å². The van der Waals surface area contributed by atoms with E-state index in [1.807, 2.05) is 48.7 Å². The average Bonchev–Trinajstić information content (AvgIpc) is 3.23. The minimum Gasteiger partial charge on any atom is -0.469 e. The van der Waals surface area contributed by atoms with E-state index in [2.05, 4.69) is 26.3 Å². The van der Waals surface area contributed by atoms with Crippen LogP contribution in [0.25, 0.3) is 5.69 Å². The van der Waals surface area contributed by atoms with Crippen LogP contribution in [-0.2, 0) is 9.53 Å². The Morgan fingerprint density at radius 2 is 1.85 bits per heavy atom. The zero-order valence-corrected chi connectivity index (χ0v) is 16.2. The summed E-state index contributed by atoms with van der Waals surface area (Å²) >= 11 is 3.38. The van der Waals surface area contributed by atoms with Crippen molar-refractivity contribution in [3.05, 3.63) is 82.6 Å². The zero-order valence-electron chi connectivity index (χ0n) is 14.6. The molecule has 0 radical (unpaired) electrons. The fourth-order valence-corrected chi connectivity index (χ4v) is 2.89. The van der Waals surface area contributed by atoms with E-state index < -0.39 is 12.0 Å². The molecule has 0 spiro atoms. The van der Waals surface area contributed by atoms with Gasteiger partial charge in [0.15, 0.2) is 0 Å². The molecule has 0 aliphatic heterocycles. The van der Waals surface area contributed by atoms with E-state index in [0.29, 0.717) is 5.56 Å². The number of rotatable bonds is 6. The molecule has 3 aromatic rings. The number of amides is 1. The molecular formula is C20H18BrN3O3. The van der Waals surface area contributed by atoms with Crippen LogP contribution in [0.1, 0.15) is 28.4 Å². The Balaban J connectivity index is 1.77. The van der Waals surface area contributed by atoms with Crippen LogP contribution in [0.5, 0.6) is 0 Å². The Morgan fingerprint density at radius 3 is 2.44 bits per heavy atom. The summed E-state index contributed by atoms with van der Waals surface area (Å²) in [4.78, 5) is 24.4. The maximum Gasteiger partial charge on any atom is 0.307 e. The molecule has 3 rings (SSSR count). The van der Waals surface area contributed by atoms with Crippen LogP contribution in [0.3, 0.4) is 0 Å². The number of hydrogen-bond donors (Lipinski definition) is 1. The fraction of sp³-hybridized carbons (Fsp3) is 0.150. The minimum absolute atomic E-state index is 0.0508. The van der Waals surface area contributed by atoms with Crippen LogP contribution in [0, 0.1) is 0 Å². The van der Waals surface area contributed by atoms with Crippen molar-refractivity contribution in [2.45, 2.75) is 12.5 Å². The highest BCUT2D eigenvalue weighted by Gasteiger charge is 2.20. The number of ether oxygens (including phenoxy) is 1. The summed E-state index contributed by atoms with van der Waals surface area (Å²) in [6, 6.07) is 15.9. The Kier molecular flexibility index (Phi) is 6.03. The molecule has 138 valence electrons. The van der Waals surface area contributed by atoms with Crippen molar-refractivity contribution >= 4 is 27.8 Å². The molecule has 0 aliphatic carbocycles. The quantitative estimate of drug-likeness (QED) is 0.609. The van der Waals surface area contributed by atoms with Gasteiger partial charge in [-0.3, -0.25) is 9.59 Å². The number of nitrogens with zero attached hydrogens (tertiary/aromatic N) is 2. The first kappa shape index (κ1) is 18.8. The molecule has 1 N–H and O–H groups in total. The molecule has 0 bridgehead atoms. The lowest BCUT2D eigenvalue weighted by atomic mass is 10.0. The molecule has 1 heterocycles. The van der Waals surface area contributed by atoms with Crippen LogP contribution in [0.15, 0.2) is 71.5 Å². The number of hydrogen-bond acceptors (Lipinski definition) is 4. The van der Waals surface area contributed by atoms with Crippen molar-refractivity contribution in [1.29, 1.82) is 0 Å². The van der Waals surface area contributed by atoms with Crippen molar-refractivity contribution < 1.29 is 14.3 Å². The molecule has 1 unspecified atom stereocenters. The average molecular weight is 428 g/mol. The van der Waals surface area contributed by atoms with E-state index >= 15 is 0 Å². The second kappa shape index (κ2) is 8.64. The van der Waals surface area contributed by atoms with Gasteiger partial charge < -0.3 is 10.1 Å². The van der Waals surface area contributed by atoms with E-state index in [4.69, 9.17) is 4.74 Å². The van der Waals surface area contributed by atoms with Gasteiger partial charge in [0.2, 0.25) is 0 Å². The highest BCUT2D eigenvalue weighted by molar-refractivity contribution is 9.10. The minimum atomic E-state index is -0.483. The van der Waals surface area contributed by atoms with Crippen molar-refractivity contribution in [2.75, 3.05) is 7.11 Å². The molecule has 0 saturated carbocycles. The van der Waals surface area contributed by atoms with Crippen LogP contribution in [0.4, 0.5) is 0 Å². The second-order valence-corrected chi connectivity index (χ2v) is 6.77. The largest absolute Gasteiger partial charge is 0.469 e. The molecule has 27 heavy (non-hydrogen) atoms. The van der Waals surface area contributed by atoms with Crippen LogP contribution in [-0.4, -0.2) is 28.8 Å². The van der Waals surface area contributed by atoms with E-state index in [9.17, 15) is 9.59 Å². The predicted molar refractivity (Wildman–Crippen MR) is 105 cm³/mol. The van der Waals surface area contributed by atoms with Gasteiger partial charge in [0, 0.05) is 22.4 Å². The number of esters is 1. The summed E-state index contributed by atoms with van der Waals surface area (Å²) in [5.74, 6) is -0.656. The Hall–Kier alpha value is -2.93. The van der Waals surface area contributed by atoms with Gasteiger partial charge in [-0.15, -0.1) is 0 Å². The van der Waals surface area contributed by atoms with E-state index in [0.717, 1.165) is 15.7 Å². The summed E-state index contributed by atoms with van der Waals surface area (Å²) < 4.78 is 7.39. The number of nitrogens with one attached hydrogen (secondary N) is 1. The zero-order chi connectivity index (χ0) is 19.2. The van der Waals surface area contributed by atoms with Gasteiger partial charge >= 0.3 is 5.97 Å². The number of aromatic nitrogens is 2. The number of benzene rings is 2. The predicted octanol–water partition coefficient (Wildman–Crippen LogP) is 3.67. The monoisotopic (exact) mass is 427 g/mol. The van der Waals surface area contributed by atoms with E-state index in [-0.39, 0.29) is 12.3 Å². The summed E-state index contributed by atoms with van der Waals surface area (Å²) in [5, 5.41) is 7.07. The van der Waals surface area contributed by atoms with E-state index in [1.54, 1.807) is 23.0 Å². The SMILES string of the molecule is COC(=O)CC(NC(=O)c1ccc(-n2cccn2)cc1)c1ccc(Br)cc1. The van der Waals surface area contributed by atoms with Gasteiger partial charge in [0.25, 0.3) is 5.91 Å². The number of carbonyl (C=O) groups excluding carboxylic acids is 2. The van der Waals surface area contributed by atoms with Crippen molar-refractivity contribution in [3.8, 4) is 5.69 Å². The smallest absolute Gasteiger partial charge is 0.307 e. The molecular weight excluding hydrogens is 410 g/mol. The Bertz CT molecular complexity index is 907. The van der Waals surface area contributed by atoms with Gasteiger partial charge in [0.1, 0.15) is 0 Å². The lowest BCUT2D eigenvalue weighted by molar-refractivity contribution is -0.141. The summed E-state index contributed by atoms with van der Waals surface area (Å²) in [6.07, 6.45) is 3.57. The standard InChI is InChI=1S/C20H18BrN3O3/c1-27-19(25)13-18(14-3-7-16(21)8-4-14)23-20(26)15-5-9-17(10-6-15)24-12-2-11-22-24/h2-12,18H,13H2,1H3,(H,23,26). The van der Waals surface area contributed by atoms with Gasteiger partial charge in [-0.2, -0.15) is 5.10 Å². The summed E-state index contributed by atoms with van der Waals surface area (Å²) in [7, 11) is 1.33. The molecule has 0 saturated heterocycles. The fourth-order valence-electron chi connectivity index (χ4n) is 2.63. The van der Waals surface area contributed by atoms with Crippen molar-refractivity contribution in [2.24, 2.45) is 0 Å².